The van der Waals surface area contributed by atoms with Gasteiger partial charge in [-0.05, 0) is 36.1 Å². The zero-order valence-electron chi connectivity index (χ0n) is 14.3. The minimum atomic E-state index is -0.0583. The van der Waals surface area contributed by atoms with Crippen molar-refractivity contribution in [2.45, 2.75) is 26.7 Å². The van der Waals surface area contributed by atoms with Gasteiger partial charge in [0.25, 0.3) is 0 Å². The molecule has 0 saturated carbocycles. The quantitative estimate of drug-likeness (QED) is 0.624. The Morgan fingerprint density at radius 3 is 2.36 bits per heavy atom. The van der Waals surface area contributed by atoms with Crippen LogP contribution in [-0.4, -0.2) is 15.6 Å². The molecule has 1 heterocycles. The van der Waals surface area contributed by atoms with Gasteiger partial charge in [0.2, 0.25) is 0 Å². The average molecular weight is 351 g/mol. The Morgan fingerprint density at radius 2 is 1.68 bits per heavy atom. The van der Waals surface area contributed by atoms with Crippen molar-refractivity contribution < 1.29 is 4.79 Å². The zero-order chi connectivity index (χ0) is 17.6. The van der Waals surface area contributed by atoms with E-state index >= 15 is 0 Å². The lowest BCUT2D eigenvalue weighted by atomic mass is 9.75. The predicted octanol–water partition coefficient (Wildman–Crippen LogP) is 5.35. The molecule has 0 amide bonds. The largest absolute Gasteiger partial charge is 0.294 e. The number of ketones is 1. The van der Waals surface area contributed by atoms with Gasteiger partial charge in [0.1, 0.15) is 0 Å². The van der Waals surface area contributed by atoms with Crippen LogP contribution in [0.5, 0.6) is 0 Å². The topological polar surface area (TPSA) is 34.9 Å². The average Bonchev–Trinajstić information content (AvgIpc) is 2.94. The maximum atomic E-state index is 12.9. The second-order valence-electron chi connectivity index (χ2n) is 7.37. The van der Waals surface area contributed by atoms with Crippen LogP contribution in [-0.2, 0) is 6.42 Å². The van der Waals surface area contributed by atoms with Crippen LogP contribution in [0.1, 0.15) is 36.3 Å². The number of Topliss-reactive ketones (excluding diaryl/α,β-unsaturated/α-hetero) is 1. The van der Waals surface area contributed by atoms with Crippen LogP contribution in [0, 0.1) is 5.41 Å². The highest BCUT2D eigenvalue weighted by atomic mass is 35.5. The monoisotopic (exact) mass is 350 g/mol. The zero-order valence-corrected chi connectivity index (χ0v) is 15.0. The summed E-state index contributed by atoms with van der Waals surface area (Å²) in [6.45, 7) is 4.24. The number of benzene rings is 2. The van der Waals surface area contributed by atoms with Crippen LogP contribution >= 0.6 is 11.6 Å². The first kappa shape index (κ1) is 16.1. The van der Waals surface area contributed by atoms with E-state index in [4.69, 9.17) is 16.7 Å². The minimum Gasteiger partial charge on any atom is -0.294 e. The SMILES string of the molecule is CC1(C)CC(=O)c2c(nn(-c3ccccc3)c2-c2ccc(Cl)cc2)C1. The number of rotatable bonds is 2. The Balaban J connectivity index is 1.99. The van der Waals surface area contributed by atoms with E-state index in [1.165, 1.54) is 0 Å². The molecule has 3 nitrogen and oxygen atoms in total. The van der Waals surface area contributed by atoms with Crippen LogP contribution in [0.25, 0.3) is 16.9 Å². The summed E-state index contributed by atoms with van der Waals surface area (Å²) in [6.07, 6.45) is 1.34. The molecule has 0 fully saturated rings. The normalized spacial score (nSPS) is 15.9. The highest BCUT2D eigenvalue weighted by Crippen LogP contribution is 2.40. The molecule has 1 aromatic heterocycles. The van der Waals surface area contributed by atoms with Gasteiger partial charge in [-0.25, -0.2) is 4.68 Å². The fourth-order valence-corrected chi connectivity index (χ4v) is 3.68. The van der Waals surface area contributed by atoms with Gasteiger partial charge in [0, 0.05) is 17.0 Å². The number of hydrogen-bond donors (Lipinski definition) is 0. The third-order valence-corrected chi connectivity index (χ3v) is 4.89. The number of nitrogens with zero attached hydrogens (tertiary/aromatic N) is 2. The molecule has 0 unspecified atom stereocenters. The summed E-state index contributed by atoms with van der Waals surface area (Å²) in [4.78, 5) is 12.9. The van der Waals surface area contributed by atoms with Crippen molar-refractivity contribution in [1.82, 2.24) is 9.78 Å². The fraction of sp³-hybridized carbons (Fsp3) is 0.238. The Kier molecular flexibility index (Phi) is 3.77. The Hall–Kier alpha value is -2.39. The molecular weight excluding hydrogens is 332 g/mol. The van der Waals surface area contributed by atoms with Gasteiger partial charge in [-0.15, -0.1) is 0 Å². The lowest BCUT2D eigenvalue weighted by molar-refractivity contribution is 0.0912. The van der Waals surface area contributed by atoms with Crippen LogP contribution in [0.15, 0.2) is 54.6 Å². The van der Waals surface area contributed by atoms with Crippen molar-refractivity contribution in [3.8, 4) is 16.9 Å². The van der Waals surface area contributed by atoms with Crippen LogP contribution in [0.2, 0.25) is 5.02 Å². The van der Waals surface area contributed by atoms with Crippen molar-refractivity contribution in [1.29, 1.82) is 0 Å². The molecular formula is C21H19ClN2O. The maximum absolute atomic E-state index is 12.9. The molecule has 0 saturated heterocycles. The van der Waals surface area contributed by atoms with Crippen molar-refractivity contribution in [3.05, 3.63) is 70.9 Å². The first-order chi connectivity index (χ1) is 11.9. The molecule has 4 rings (SSSR count). The summed E-state index contributed by atoms with van der Waals surface area (Å²) < 4.78 is 1.90. The molecule has 3 aromatic rings. The van der Waals surface area contributed by atoms with E-state index in [0.717, 1.165) is 34.6 Å². The first-order valence-corrected chi connectivity index (χ1v) is 8.79. The van der Waals surface area contributed by atoms with E-state index in [1.807, 2.05) is 59.3 Å². The van der Waals surface area contributed by atoms with Gasteiger partial charge in [0.05, 0.1) is 22.6 Å². The molecule has 25 heavy (non-hydrogen) atoms. The summed E-state index contributed by atoms with van der Waals surface area (Å²) in [7, 11) is 0. The molecule has 0 atom stereocenters. The summed E-state index contributed by atoms with van der Waals surface area (Å²) in [5, 5.41) is 5.51. The number of para-hydroxylation sites is 1. The number of fused-ring (bicyclic) bond motifs is 1. The molecule has 0 spiro atoms. The van der Waals surface area contributed by atoms with Crippen molar-refractivity contribution in [2.75, 3.05) is 0 Å². The van der Waals surface area contributed by atoms with Crippen molar-refractivity contribution >= 4 is 17.4 Å². The highest BCUT2D eigenvalue weighted by Gasteiger charge is 2.36. The van der Waals surface area contributed by atoms with E-state index in [1.54, 1.807) is 0 Å². The molecule has 0 N–H and O–H groups in total. The molecule has 1 aliphatic rings. The molecule has 1 aliphatic carbocycles. The Bertz CT molecular complexity index is 940. The number of hydrogen-bond acceptors (Lipinski definition) is 2. The van der Waals surface area contributed by atoms with Gasteiger partial charge in [-0.1, -0.05) is 55.8 Å². The smallest absolute Gasteiger partial charge is 0.167 e. The number of halogens is 1. The Morgan fingerprint density at radius 1 is 1.00 bits per heavy atom. The van der Waals surface area contributed by atoms with E-state index in [2.05, 4.69) is 13.8 Å². The molecule has 0 aliphatic heterocycles. The molecule has 0 radical (unpaired) electrons. The molecule has 2 aromatic carbocycles. The van der Waals surface area contributed by atoms with Crippen LogP contribution < -0.4 is 0 Å². The van der Waals surface area contributed by atoms with E-state index in [-0.39, 0.29) is 11.2 Å². The number of carbonyl (C=O) groups excluding carboxylic acids is 1. The molecule has 126 valence electrons. The summed E-state index contributed by atoms with van der Waals surface area (Å²) in [5.41, 5.74) is 4.35. The predicted molar refractivity (Wildman–Crippen MR) is 100 cm³/mol. The lowest BCUT2D eigenvalue weighted by Gasteiger charge is -2.27. The number of aromatic nitrogens is 2. The highest BCUT2D eigenvalue weighted by molar-refractivity contribution is 6.30. The second-order valence-corrected chi connectivity index (χ2v) is 7.80. The van der Waals surface area contributed by atoms with Gasteiger partial charge in [-0.2, -0.15) is 5.10 Å². The number of carbonyl (C=O) groups is 1. The summed E-state index contributed by atoms with van der Waals surface area (Å²) in [6, 6.07) is 17.6. The van der Waals surface area contributed by atoms with Gasteiger partial charge >= 0.3 is 0 Å². The lowest BCUT2D eigenvalue weighted by Crippen LogP contribution is -2.26. The van der Waals surface area contributed by atoms with Crippen LogP contribution in [0.4, 0.5) is 0 Å². The van der Waals surface area contributed by atoms with E-state index in [9.17, 15) is 4.79 Å². The summed E-state index contributed by atoms with van der Waals surface area (Å²) >= 11 is 6.05. The minimum absolute atomic E-state index is 0.0583. The van der Waals surface area contributed by atoms with Crippen molar-refractivity contribution in [2.24, 2.45) is 5.41 Å². The second kappa shape index (κ2) is 5.85. The Labute approximate surface area is 152 Å². The standard InChI is InChI=1S/C21H19ClN2O/c1-21(2)12-17-19(18(25)13-21)20(14-8-10-15(22)11-9-14)24(23-17)16-6-4-3-5-7-16/h3-11H,12-13H2,1-2H3. The fourth-order valence-electron chi connectivity index (χ4n) is 3.55. The summed E-state index contributed by atoms with van der Waals surface area (Å²) in [5.74, 6) is 0.165. The maximum Gasteiger partial charge on any atom is 0.167 e. The van der Waals surface area contributed by atoms with Gasteiger partial charge in [0.15, 0.2) is 5.78 Å². The first-order valence-electron chi connectivity index (χ1n) is 8.41. The van der Waals surface area contributed by atoms with Crippen molar-refractivity contribution in [3.63, 3.8) is 0 Å². The third kappa shape index (κ3) is 2.89. The third-order valence-electron chi connectivity index (χ3n) is 4.64. The van der Waals surface area contributed by atoms with E-state index in [0.29, 0.717) is 11.4 Å². The van der Waals surface area contributed by atoms with E-state index < -0.39 is 0 Å². The molecule has 4 heteroatoms. The van der Waals surface area contributed by atoms with Gasteiger partial charge in [-0.3, -0.25) is 4.79 Å². The molecule has 0 bridgehead atoms. The van der Waals surface area contributed by atoms with Crippen LogP contribution in [0.3, 0.4) is 0 Å². The van der Waals surface area contributed by atoms with Gasteiger partial charge < -0.3 is 0 Å².